The molecule has 1 aromatic carbocycles. The van der Waals surface area contributed by atoms with E-state index in [0.717, 1.165) is 18.5 Å². The van der Waals surface area contributed by atoms with E-state index in [1.165, 1.54) is 24.0 Å². The third-order valence-electron chi connectivity index (χ3n) is 2.85. The predicted octanol–water partition coefficient (Wildman–Crippen LogP) is 3.31. The van der Waals surface area contributed by atoms with Crippen molar-refractivity contribution in [1.82, 2.24) is 0 Å². The average Bonchev–Trinajstić information content (AvgIpc) is 2.29. The molecule has 16 heavy (non-hydrogen) atoms. The molecule has 1 aromatic rings. The Morgan fingerprint density at radius 1 is 1.25 bits per heavy atom. The summed E-state index contributed by atoms with van der Waals surface area (Å²) in [6.45, 7) is 0. The number of carbonyl (C=O) groups excluding carboxylic acids is 1. The highest BCUT2D eigenvalue weighted by Gasteiger charge is 2.16. The number of fused-ring (bicyclic) bond motifs is 1. The molecular formula is C12H13Cl2NO. The molecular weight excluding hydrogens is 245 g/mol. The highest BCUT2D eigenvalue weighted by atomic mass is 35.5. The Bertz CT molecular complexity index is 404. The molecule has 0 atom stereocenters. The van der Waals surface area contributed by atoms with Gasteiger partial charge in [0.2, 0.25) is 0 Å². The van der Waals surface area contributed by atoms with Crippen molar-refractivity contribution in [3.63, 3.8) is 0 Å². The number of rotatable bonds is 2. The summed E-state index contributed by atoms with van der Waals surface area (Å²) in [6, 6.07) is 5.97. The number of alkyl halides is 2. The first kappa shape index (κ1) is 11.7. The van der Waals surface area contributed by atoms with E-state index in [9.17, 15) is 4.79 Å². The lowest BCUT2D eigenvalue weighted by molar-refractivity contribution is -0.114. The number of hydrogen-bond acceptors (Lipinski definition) is 1. The Morgan fingerprint density at radius 2 is 2.00 bits per heavy atom. The molecule has 2 rings (SSSR count). The van der Waals surface area contributed by atoms with Gasteiger partial charge in [0.25, 0.3) is 5.91 Å². The van der Waals surface area contributed by atoms with Crippen LogP contribution in [0.5, 0.6) is 0 Å². The summed E-state index contributed by atoms with van der Waals surface area (Å²) < 4.78 is 0. The first-order valence-electron chi connectivity index (χ1n) is 5.38. The van der Waals surface area contributed by atoms with Crippen LogP contribution in [0.3, 0.4) is 0 Å². The standard InChI is InChI=1S/C12H13Cl2NO/c13-11(14)12(16)15-10-7-3-5-8-4-1-2-6-9(8)10/h3,5,7,11H,1-2,4,6H2,(H,15,16). The molecule has 0 heterocycles. The van der Waals surface area contributed by atoms with Crippen molar-refractivity contribution in [3.8, 4) is 0 Å². The summed E-state index contributed by atoms with van der Waals surface area (Å²) in [7, 11) is 0. The van der Waals surface area contributed by atoms with Gasteiger partial charge in [-0.25, -0.2) is 0 Å². The average molecular weight is 258 g/mol. The van der Waals surface area contributed by atoms with Crippen molar-refractivity contribution in [2.45, 2.75) is 30.5 Å². The summed E-state index contributed by atoms with van der Waals surface area (Å²) >= 11 is 11.0. The molecule has 2 nitrogen and oxygen atoms in total. The number of aryl methyl sites for hydroxylation is 1. The maximum Gasteiger partial charge on any atom is 0.257 e. The number of anilines is 1. The van der Waals surface area contributed by atoms with Crippen LogP contribution >= 0.6 is 23.2 Å². The van der Waals surface area contributed by atoms with Crippen LogP contribution in [-0.4, -0.2) is 10.7 Å². The maximum absolute atomic E-state index is 11.4. The van der Waals surface area contributed by atoms with Crippen LogP contribution in [-0.2, 0) is 17.6 Å². The van der Waals surface area contributed by atoms with Gasteiger partial charge in [-0.2, -0.15) is 0 Å². The van der Waals surface area contributed by atoms with E-state index in [0.29, 0.717) is 0 Å². The minimum atomic E-state index is -1.01. The van der Waals surface area contributed by atoms with Gasteiger partial charge in [-0.05, 0) is 42.9 Å². The van der Waals surface area contributed by atoms with E-state index in [2.05, 4.69) is 11.4 Å². The number of benzene rings is 1. The normalized spacial score (nSPS) is 14.7. The van der Waals surface area contributed by atoms with Crippen molar-refractivity contribution >= 4 is 34.8 Å². The van der Waals surface area contributed by atoms with Gasteiger partial charge >= 0.3 is 0 Å². The summed E-state index contributed by atoms with van der Waals surface area (Å²) in [6.07, 6.45) is 4.49. The maximum atomic E-state index is 11.4. The van der Waals surface area contributed by atoms with Crippen molar-refractivity contribution in [3.05, 3.63) is 29.3 Å². The molecule has 1 amide bonds. The first-order chi connectivity index (χ1) is 7.68. The highest BCUT2D eigenvalue weighted by Crippen LogP contribution is 2.28. The van der Waals surface area contributed by atoms with Gasteiger partial charge in [-0.1, -0.05) is 35.3 Å². The second-order valence-corrected chi connectivity index (χ2v) is 5.04. The van der Waals surface area contributed by atoms with E-state index in [4.69, 9.17) is 23.2 Å². The predicted molar refractivity (Wildman–Crippen MR) is 67.2 cm³/mol. The van der Waals surface area contributed by atoms with Crippen LogP contribution in [0.4, 0.5) is 5.69 Å². The van der Waals surface area contributed by atoms with Crippen molar-refractivity contribution in [1.29, 1.82) is 0 Å². The van der Waals surface area contributed by atoms with Crippen LogP contribution < -0.4 is 5.32 Å². The lowest BCUT2D eigenvalue weighted by atomic mass is 9.90. The Balaban J connectivity index is 2.24. The Morgan fingerprint density at radius 3 is 2.75 bits per heavy atom. The van der Waals surface area contributed by atoms with E-state index in [1.54, 1.807) is 0 Å². The van der Waals surface area contributed by atoms with Crippen molar-refractivity contribution in [2.75, 3.05) is 5.32 Å². The molecule has 0 aromatic heterocycles. The van der Waals surface area contributed by atoms with Crippen LogP contribution in [0.2, 0.25) is 0 Å². The topological polar surface area (TPSA) is 29.1 Å². The van der Waals surface area contributed by atoms with Gasteiger partial charge in [0, 0.05) is 5.69 Å². The number of nitrogens with one attached hydrogen (secondary N) is 1. The lowest BCUT2D eigenvalue weighted by Crippen LogP contribution is -2.20. The Labute approximate surface area is 105 Å². The third kappa shape index (κ3) is 2.50. The van der Waals surface area contributed by atoms with E-state index in [1.807, 2.05) is 12.1 Å². The lowest BCUT2D eigenvalue weighted by Gasteiger charge is -2.19. The monoisotopic (exact) mass is 257 g/mol. The largest absolute Gasteiger partial charge is 0.323 e. The van der Waals surface area contributed by atoms with Crippen molar-refractivity contribution < 1.29 is 4.79 Å². The molecule has 1 aliphatic rings. The fraction of sp³-hybridized carbons (Fsp3) is 0.417. The molecule has 0 unspecified atom stereocenters. The summed E-state index contributed by atoms with van der Waals surface area (Å²) in [4.78, 5) is 10.4. The second-order valence-electron chi connectivity index (χ2n) is 3.94. The van der Waals surface area contributed by atoms with E-state index < -0.39 is 4.84 Å². The highest BCUT2D eigenvalue weighted by molar-refractivity contribution is 6.54. The van der Waals surface area contributed by atoms with Gasteiger partial charge in [-0.3, -0.25) is 4.79 Å². The number of carbonyl (C=O) groups is 1. The molecule has 0 saturated carbocycles. The van der Waals surface area contributed by atoms with Crippen LogP contribution in [0.25, 0.3) is 0 Å². The molecule has 0 radical (unpaired) electrons. The number of hydrogen-bond donors (Lipinski definition) is 1. The van der Waals surface area contributed by atoms with Crippen LogP contribution in [0, 0.1) is 0 Å². The smallest absolute Gasteiger partial charge is 0.257 e. The summed E-state index contributed by atoms with van der Waals surface area (Å²) in [5.41, 5.74) is 3.41. The van der Waals surface area contributed by atoms with Gasteiger partial charge < -0.3 is 5.32 Å². The van der Waals surface area contributed by atoms with Crippen LogP contribution in [0.1, 0.15) is 24.0 Å². The van der Waals surface area contributed by atoms with Gasteiger partial charge in [0.15, 0.2) is 4.84 Å². The summed E-state index contributed by atoms with van der Waals surface area (Å²) in [5.74, 6) is -0.359. The molecule has 86 valence electrons. The number of halogens is 2. The van der Waals surface area contributed by atoms with Crippen LogP contribution in [0.15, 0.2) is 18.2 Å². The zero-order valence-electron chi connectivity index (χ0n) is 8.80. The Hall–Kier alpha value is -0.730. The minimum absolute atomic E-state index is 0.359. The minimum Gasteiger partial charge on any atom is -0.323 e. The fourth-order valence-electron chi connectivity index (χ4n) is 2.09. The van der Waals surface area contributed by atoms with Crippen molar-refractivity contribution in [2.24, 2.45) is 0 Å². The zero-order valence-corrected chi connectivity index (χ0v) is 10.3. The molecule has 1 aliphatic carbocycles. The number of amides is 1. The fourth-order valence-corrected chi connectivity index (χ4v) is 2.19. The SMILES string of the molecule is O=C(Nc1cccc2c1CCCC2)C(Cl)Cl. The van der Waals surface area contributed by atoms with Gasteiger partial charge in [0.1, 0.15) is 0 Å². The molecule has 0 fully saturated rings. The summed E-state index contributed by atoms with van der Waals surface area (Å²) in [5, 5.41) is 2.77. The molecule has 4 heteroatoms. The van der Waals surface area contributed by atoms with Gasteiger partial charge in [0.05, 0.1) is 0 Å². The molecule has 0 aliphatic heterocycles. The third-order valence-corrected chi connectivity index (χ3v) is 3.25. The van der Waals surface area contributed by atoms with Gasteiger partial charge in [-0.15, -0.1) is 0 Å². The molecule has 0 spiro atoms. The van der Waals surface area contributed by atoms with E-state index in [-0.39, 0.29) is 5.91 Å². The molecule has 0 bridgehead atoms. The molecule has 0 saturated heterocycles. The first-order valence-corrected chi connectivity index (χ1v) is 6.25. The Kier molecular flexibility index (Phi) is 3.72. The second kappa shape index (κ2) is 5.07. The quantitative estimate of drug-likeness (QED) is 0.810. The van der Waals surface area contributed by atoms with E-state index >= 15 is 0 Å². The zero-order chi connectivity index (χ0) is 11.5. The molecule has 1 N–H and O–H groups in total.